The highest BCUT2D eigenvalue weighted by Gasteiger charge is 2.36. The molecule has 1 unspecified atom stereocenters. The number of hydrogen-bond donors (Lipinski definition) is 1. The normalized spacial score (nSPS) is 13.5. The van der Waals surface area contributed by atoms with Crippen molar-refractivity contribution in [3.63, 3.8) is 0 Å². The van der Waals surface area contributed by atoms with Gasteiger partial charge in [0.1, 0.15) is 5.54 Å². The van der Waals surface area contributed by atoms with Gasteiger partial charge < -0.3 is 4.74 Å². The lowest BCUT2D eigenvalue weighted by molar-refractivity contribution is -0.148. The van der Waals surface area contributed by atoms with E-state index in [2.05, 4.69) is 5.32 Å². The number of nitrogens with one attached hydrogen (secondary N) is 1. The van der Waals surface area contributed by atoms with Gasteiger partial charge in [0.2, 0.25) is 0 Å². The van der Waals surface area contributed by atoms with Crippen molar-refractivity contribution in [2.75, 3.05) is 7.11 Å². The maximum atomic E-state index is 12.3. The highest BCUT2D eigenvalue weighted by atomic mass is 16.5. The second-order valence-corrected chi connectivity index (χ2v) is 5.27. The van der Waals surface area contributed by atoms with Gasteiger partial charge in [-0.3, -0.25) is 5.32 Å². The zero-order valence-electron chi connectivity index (χ0n) is 12.7. The van der Waals surface area contributed by atoms with E-state index in [1.165, 1.54) is 7.11 Å². The zero-order valence-corrected chi connectivity index (χ0v) is 12.7. The predicted molar refractivity (Wildman–Crippen MR) is 83.8 cm³/mol. The summed E-state index contributed by atoms with van der Waals surface area (Å²) >= 11 is 0. The van der Waals surface area contributed by atoms with Crippen molar-refractivity contribution in [1.82, 2.24) is 5.32 Å². The molecule has 2 rings (SSSR count). The lowest BCUT2D eigenvalue weighted by atomic mass is 9.88. The summed E-state index contributed by atoms with van der Waals surface area (Å²) in [4.78, 5) is 12.3. The monoisotopic (exact) mass is 283 g/mol. The molecule has 21 heavy (non-hydrogen) atoms. The average molecular weight is 283 g/mol. The maximum Gasteiger partial charge on any atom is 0.330 e. The standard InChI is InChI=1S/C18H21NO2/c1-14-9-7-8-12-16(14)18(2,17(20)21-3)19-13-15-10-5-4-6-11-15/h4-12,19H,13H2,1-3H3. The van der Waals surface area contributed by atoms with E-state index < -0.39 is 5.54 Å². The topological polar surface area (TPSA) is 38.3 Å². The van der Waals surface area contributed by atoms with Gasteiger partial charge >= 0.3 is 5.97 Å². The summed E-state index contributed by atoms with van der Waals surface area (Å²) in [7, 11) is 1.42. The Hall–Kier alpha value is -2.13. The molecule has 0 radical (unpaired) electrons. The molecule has 1 N–H and O–H groups in total. The first-order valence-corrected chi connectivity index (χ1v) is 7.01. The molecule has 3 heteroatoms. The van der Waals surface area contributed by atoms with Crippen LogP contribution in [-0.2, 0) is 21.6 Å². The van der Waals surface area contributed by atoms with Crippen molar-refractivity contribution in [1.29, 1.82) is 0 Å². The highest BCUT2D eigenvalue weighted by molar-refractivity contribution is 5.82. The van der Waals surface area contributed by atoms with E-state index in [0.717, 1.165) is 16.7 Å². The van der Waals surface area contributed by atoms with E-state index >= 15 is 0 Å². The van der Waals surface area contributed by atoms with Crippen LogP contribution in [0.2, 0.25) is 0 Å². The first-order valence-electron chi connectivity index (χ1n) is 7.01. The number of rotatable bonds is 5. The third-order valence-electron chi connectivity index (χ3n) is 3.77. The van der Waals surface area contributed by atoms with E-state index in [1.54, 1.807) is 0 Å². The summed E-state index contributed by atoms with van der Waals surface area (Å²) in [5.74, 6) is -0.285. The second-order valence-electron chi connectivity index (χ2n) is 5.27. The number of benzene rings is 2. The Labute approximate surface area is 126 Å². The Morgan fingerprint density at radius 3 is 2.33 bits per heavy atom. The fourth-order valence-corrected chi connectivity index (χ4v) is 2.49. The van der Waals surface area contributed by atoms with Gasteiger partial charge in [-0.25, -0.2) is 4.79 Å². The molecule has 2 aromatic carbocycles. The molecule has 2 aromatic rings. The summed E-state index contributed by atoms with van der Waals surface area (Å²) in [6, 6.07) is 17.9. The number of ether oxygens (including phenoxy) is 1. The third kappa shape index (κ3) is 3.31. The minimum Gasteiger partial charge on any atom is -0.467 e. The molecule has 0 saturated carbocycles. The Morgan fingerprint density at radius 1 is 1.10 bits per heavy atom. The minimum atomic E-state index is -0.865. The van der Waals surface area contributed by atoms with Crippen molar-refractivity contribution < 1.29 is 9.53 Å². The van der Waals surface area contributed by atoms with Gasteiger partial charge in [-0.2, -0.15) is 0 Å². The van der Waals surface area contributed by atoms with Crippen molar-refractivity contribution in [3.05, 3.63) is 71.3 Å². The van der Waals surface area contributed by atoms with Gasteiger partial charge in [0.25, 0.3) is 0 Å². The van der Waals surface area contributed by atoms with Gasteiger partial charge in [0.15, 0.2) is 0 Å². The molecule has 3 nitrogen and oxygen atoms in total. The Kier molecular flexibility index (Phi) is 4.76. The quantitative estimate of drug-likeness (QED) is 0.857. The molecule has 0 spiro atoms. The summed E-state index contributed by atoms with van der Waals surface area (Å²) < 4.78 is 5.01. The van der Waals surface area contributed by atoms with Gasteiger partial charge in [-0.05, 0) is 30.5 Å². The van der Waals surface area contributed by atoms with Crippen LogP contribution in [0.4, 0.5) is 0 Å². The van der Waals surface area contributed by atoms with E-state index in [4.69, 9.17) is 4.74 Å². The maximum absolute atomic E-state index is 12.3. The third-order valence-corrected chi connectivity index (χ3v) is 3.77. The number of esters is 1. The van der Waals surface area contributed by atoms with Gasteiger partial charge in [0, 0.05) is 6.54 Å². The van der Waals surface area contributed by atoms with Crippen LogP contribution in [0.5, 0.6) is 0 Å². The summed E-state index contributed by atoms with van der Waals surface area (Å²) in [5, 5.41) is 3.35. The Bertz CT molecular complexity index is 610. The fourth-order valence-electron chi connectivity index (χ4n) is 2.49. The van der Waals surface area contributed by atoms with E-state index in [1.807, 2.05) is 68.4 Å². The molecule has 0 fully saturated rings. The van der Waals surface area contributed by atoms with Crippen LogP contribution in [0.3, 0.4) is 0 Å². The number of methoxy groups -OCH3 is 1. The minimum absolute atomic E-state index is 0.285. The molecule has 0 aliphatic carbocycles. The van der Waals surface area contributed by atoms with Gasteiger partial charge in [-0.1, -0.05) is 54.6 Å². The second kappa shape index (κ2) is 6.55. The predicted octanol–water partition coefficient (Wildman–Crippen LogP) is 3.17. The van der Waals surface area contributed by atoms with Gasteiger partial charge in [-0.15, -0.1) is 0 Å². The molecule has 0 bridgehead atoms. The molecular weight excluding hydrogens is 262 g/mol. The zero-order chi connectivity index (χ0) is 15.3. The van der Waals surface area contributed by atoms with Crippen LogP contribution in [-0.4, -0.2) is 13.1 Å². The number of aryl methyl sites for hydroxylation is 1. The molecule has 0 aliphatic rings. The van der Waals surface area contributed by atoms with Crippen molar-refractivity contribution in [2.24, 2.45) is 0 Å². The Balaban J connectivity index is 2.30. The average Bonchev–Trinajstić information content (AvgIpc) is 2.53. The molecule has 0 heterocycles. The largest absolute Gasteiger partial charge is 0.467 e. The van der Waals surface area contributed by atoms with Gasteiger partial charge in [0.05, 0.1) is 7.11 Å². The molecule has 110 valence electrons. The smallest absolute Gasteiger partial charge is 0.330 e. The SMILES string of the molecule is COC(=O)C(C)(NCc1ccccc1)c1ccccc1C. The molecule has 0 saturated heterocycles. The lowest BCUT2D eigenvalue weighted by Crippen LogP contribution is -2.47. The number of carbonyl (C=O) groups is 1. The van der Waals surface area contributed by atoms with Crippen LogP contribution in [0.15, 0.2) is 54.6 Å². The van der Waals surface area contributed by atoms with Crippen molar-refractivity contribution in [3.8, 4) is 0 Å². The van der Waals surface area contributed by atoms with Crippen LogP contribution in [0.25, 0.3) is 0 Å². The highest BCUT2D eigenvalue weighted by Crippen LogP contribution is 2.26. The van der Waals surface area contributed by atoms with Crippen LogP contribution >= 0.6 is 0 Å². The van der Waals surface area contributed by atoms with Crippen molar-refractivity contribution >= 4 is 5.97 Å². The van der Waals surface area contributed by atoms with E-state index in [-0.39, 0.29) is 5.97 Å². The first-order chi connectivity index (χ1) is 10.1. The summed E-state index contributed by atoms with van der Waals surface area (Å²) in [6.07, 6.45) is 0. The Morgan fingerprint density at radius 2 is 1.71 bits per heavy atom. The van der Waals surface area contributed by atoms with E-state index in [0.29, 0.717) is 6.54 Å². The first kappa shape index (κ1) is 15.3. The summed E-state index contributed by atoms with van der Waals surface area (Å²) in [5.41, 5.74) is 2.26. The summed E-state index contributed by atoms with van der Waals surface area (Å²) in [6.45, 7) is 4.46. The van der Waals surface area contributed by atoms with Crippen molar-refractivity contribution in [2.45, 2.75) is 25.9 Å². The molecule has 0 aromatic heterocycles. The molecule has 0 amide bonds. The molecular formula is C18H21NO2. The molecule has 0 aliphatic heterocycles. The molecule has 1 atom stereocenters. The van der Waals surface area contributed by atoms with Crippen LogP contribution in [0, 0.1) is 6.92 Å². The number of carbonyl (C=O) groups excluding carboxylic acids is 1. The lowest BCUT2D eigenvalue weighted by Gasteiger charge is -2.30. The van der Waals surface area contributed by atoms with E-state index in [9.17, 15) is 4.79 Å². The van der Waals surface area contributed by atoms with Crippen LogP contribution < -0.4 is 5.32 Å². The number of hydrogen-bond acceptors (Lipinski definition) is 3. The van der Waals surface area contributed by atoms with Crippen LogP contribution in [0.1, 0.15) is 23.6 Å². The fraction of sp³-hybridized carbons (Fsp3) is 0.278.